The highest BCUT2D eigenvalue weighted by Crippen LogP contribution is 2.30. The van der Waals surface area contributed by atoms with Gasteiger partial charge in [0.15, 0.2) is 0 Å². The van der Waals surface area contributed by atoms with E-state index in [1.165, 1.54) is 11.3 Å². The van der Waals surface area contributed by atoms with Crippen molar-refractivity contribution in [3.05, 3.63) is 21.9 Å². The minimum absolute atomic E-state index is 0.185. The molecule has 0 saturated heterocycles. The Morgan fingerprint density at radius 2 is 2.13 bits per heavy atom. The number of hydrogen-bond acceptors (Lipinski definition) is 3. The molecule has 1 atom stereocenters. The molecule has 0 amide bonds. The molecule has 2 nitrogen and oxygen atoms in total. The van der Waals surface area contributed by atoms with Crippen molar-refractivity contribution in [3.8, 4) is 0 Å². The van der Waals surface area contributed by atoms with Gasteiger partial charge in [-0.1, -0.05) is 20.8 Å². The third kappa shape index (κ3) is 2.81. The summed E-state index contributed by atoms with van der Waals surface area (Å²) in [6.07, 6.45) is 0. The molecule has 84 valence electrons. The van der Waals surface area contributed by atoms with Crippen LogP contribution >= 0.6 is 11.3 Å². The Balaban J connectivity index is 2.91. The van der Waals surface area contributed by atoms with Crippen LogP contribution in [-0.4, -0.2) is 12.6 Å². The van der Waals surface area contributed by atoms with Crippen LogP contribution in [0.4, 0.5) is 0 Å². The molecular formula is C12H18O2S. The van der Waals surface area contributed by atoms with E-state index in [0.29, 0.717) is 18.4 Å². The molecule has 0 fully saturated rings. The summed E-state index contributed by atoms with van der Waals surface area (Å²) in [6, 6.07) is 2.03. The van der Waals surface area contributed by atoms with Gasteiger partial charge >= 0.3 is 5.97 Å². The maximum Gasteiger partial charge on any atom is 0.348 e. The average molecular weight is 226 g/mol. The topological polar surface area (TPSA) is 26.3 Å². The second-order valence-electron chi connectivity index (χ2n) is 3.96. The second kappa shape index (κ2) is 5.31. The Labute approximate surface area is 95.3 Å². The summed E-state index contributed by atoms with van der Waals surface area (Å²) < 4.78 is 5.03. The second-order valence-corrected chi connectivity index (χ2v) is 4.87. The molecule has 0 spiro atoms. The van der Waals surface area contributed by atoms with Gasteiger partial charge in [0, 0.05) is 0 Å². The highest BCUT2D eigenvalue weighted by molar-refractivity contribution is 7.12. The Bertz CT molecular complexity index is 328. The van der Waals surface area contributed by atoms with Crippen LogP contribution in [0.5, 0.6) is 0 Å². The molecule has 3 heteroatoms. The number of thiophene rings is 1. The van der Waals surface area contributed by atoms with Crippen molar-refractivity contribution in [2.45, 2.75) is 33.6 Å². The molecule has 0 radical (unpaired) electrons. The van der Waals surface area contributed by atoms with Crippen molar-refractivity contribution in [1.82, 2.24) is 0 Å². The van der Waals surface area contributed by atoms with Gasteiger partial charge in [0.2, 0.25) is 0 Å². The van der Waals surface area contributed by atoms with Gasteiger partial charge in [-0.15, -0.1) is 11.3 Å². The lowest BCUT2D eigenvalue weighted by molar-refractivity contribution is 0.0530. The normalized spacial score (nSPS) is 12.9. The van der Waals surface area contributed by atoms with Crippen molar-refractivity contribution < 1.29 is 9.53 Å². The largest absolute Gasteiger partial charge is 0.462 e. The van der Waals surface area contributed by atoms with E-state index in [1.54, 1.807) is 0 Å². The van der Waals surface area contributed by atoms with Gasteiger partial charge in [-0.2, -0.15) is 0 Å². The van der Waals surface area contributed by atoms with E-state index in [2.05, 4.69) is 20.8 Å². The van der Waals surface area contributed by atoms with Gasteiger partial charge < -0.3 is 4.74 Å². The summed E-state index contributed by atoms with van der Waals surface area (Å²) >= 11 is 1.47. The van der Waals surface area contributed by atoms with Crippen molar-refractivity contribution in [2.75, 3.05) is 6.61 Å². The molecule has 0 saturated carbocycles. The molecule has 1 aromatic heterocycles. The molecule has 0 aromatic carbocycles. The van der Waals surface area contributed by atoms with Crippen molar-refractivity contribution in [3.63, 3.8) is 0 Å². The lowest BCUT2D eigenvalue weighted by Crippen LogP contribution is -2.09. The predicted octanol–water partition coefficient (Wildman–Crippen LogP) is 3.68. The van der Waals surface area contributed by atoms with Gasteiger partial charge in [-0.3, -0.25) is 0 Å². The Morgan fingerprint density at radius 1 is 1.47 bits per heavy atom. The predicted molar refractivity (Wildman–Crippen MR) is 63.5 cm³/mol. The zero-order valence-corrected chi connectivity index (χ0v) is 10.6. The first-order valence-electron chi connectivity index (χ1n) is 5.32. The summed E-state index contributed by atoms with van der Waals surface area (Å²) in [4.78, 5) is 12.4. The van der Waals surface area contributed by atoms with E-state index in [1.807, 2.05) is 18.4 Å². The summed E-state index contributed by atoms with van der Waals surface area (Å²) in [7, 11) is 0. The Morgan fingerprint density at radius 3 is 2.67 bits per heavy atom. The maximum absolute atomic E-state index is 11.6. The van der Waals surface area contributed by atoms with Gasteiger partial charge in [0.1, 0.15) is 4.88 Å². The first kappa shape index (κ1) is 12.2. The Hall–Kier alpha value is -0.830. The molecular weight excluding hydrogens is 208 g/mol. The van der Waals surface area contributed by atoms with E-state index in [4.69, 9.17) is 4.74 Å². The molecule has 0 aliphatic heterocycles. The highest BCUT2D eigenvalue weighted by atomic mass is 32.1. The van der Waals surface area contributed by atoms with Crippen LogP contribution in [0.1, 0.15) is 48.8 Å². The quantitative estimate of drug-likeness (QED) is 0.732. The molecule has 0 N–H and O–H groups in total. The molecule has 0 aliphatic carbocycles. The van der Waals surface area contributed by atoms with Crippen LogP contribution in [0, 0.1) is 5.92 Å². The molecule has 1 rings (SSSR count). The van der Waals surface area contributed by atoms with Crippen LogP contribution in [-0.2, 0) is 4.74 Å². The lowest BCUT2D eigenvalue weighted by Gasteiger charge is -2.15. The summed E-state index contributed by atoms with van der Waals surface area (Å²) in [5.41, 5.74) is 1.12. The van der Waals surface area contributed by atoms with Crippen molar-refractivity contribution in [2.24, 2.45) is 5.92 Å². The highest BCUT2D eigenvalue weighted by Gasteiger charge is 2.20. The number of carbonyl (C=O) groups is 1. The number of hydrogen-bond donors (Lipinski definition) is 0. The standard InChI is InChI=1S/C12H18O2S/c1-5-14-12(13)11-10(6-7-15-11)9(4)8(2)3/h6-9H,5H2,1-4H3. The van der Waals surface area contributed by atoms with Crippen LogP contribution in [0.3, 0.4) is 0 Å². The van der Waals surface area contributed by atoms with Gasteiger partial charge in [0.25, 0.3) is 0 Å². The average Bonchev–Trinajstić information content (AvgIpc) is 2.65. The van der Waals surface area contributed by atoms with E-state index < -0.39 is 0 Å². The minimum Gasteiger partial charge on any atom is -0.462 e. The number of rotatable bonds is 4. The van der Waals surface area contributed by atoms with E-state index in [9.17, 15) is 4.79 Å². The van der Waals surface area contributed by atoms with Gasteiger partial charge in [0.05, 0.1) is 6.61 Å². The number of ether oxygens (including phenoxy) is 1. The van der Waals surface area contributed by atoms with Crippen LogP contribution < -0.4 is 0 Å². The molecule has 1 heterocycles. The van der Waals surface area contributed by atoms with E-state index in [0.717, 1.165) is 10.4 Å². The zero-order chi connectivity index (χ0) is 11.4. The molecule has 1 aromatic rings. The minimum atomic E-state index is -0.185. The van der Waals surface area contributed by atoms with Crippen molar-refractivity contribution >= 4 is 17.3 Å². The SMILES string of the molecule is CCOC(=O)c1sccc1C(C)C(C)C. The van der Waals surface area contributed by atoms with Crippen LogP contribution in [0.15, 0.2) is 11.4 Å². The van der Waals surface area contributed by atoms with Crippen LogP contribution in [0.25, 0.3) is 0 Å². The molecule has 0 aliphatic rings. The van der Waals surface area contributed by atoms with Crippen molar-refractivity contribution in [1.29, 1.82) is 0 Å². The fraction of sp³-hybridized carbons (Fsp3) is 0.583. The summed E-state index contributed by atoms with van der Waals surface area (Å²) in [5, 5.41) is 1.96. The fourth-order valence-electron chi connectivity index (χ4n) is 1.40. The first-order valence-corrected chi connectivity index (χ1v) is 6.20. The number of carbonyl (C=O) groups excluding carboxylic acids is 1. The lowest BCUT2D eigenvalue weighted by atomic mass is 9.91. The zero-order valence-electron chi connectivity index (χ0n) is 9.74. The van der Waals surface area contributed by atoms with Crippen LogP contribution in [0.2, 0.25) is 0 Å². The molecule has 15 heavy (non-hydrogen) atoms. The monoisotopic (exact) mass is 226 g/mol. The first-order chi connectivity index (χ1) is 7.07. The summed E-state index contributed by atoms with van der Waals surface area (Å²) in [6.45, 7) is 8.74. The van der Waals surface area contributed by atoms with Gasteiger partial charge in [-0.25, -0.2) is 4.79 Å². The fourth-order valence-corrected chi connectivity index (χ4v) is 2.30. The third-order valence-corrected chi connectivity index (χ3v) is 3.56. The van der Waals surface area contributed by atoms with E-state index in [-0.39, 0.29) is 5.97 Å². The smallest absolute Gasteiger partial charge is 0.348 e. The Kier molecular flexibility index (Phi) is 4.33. The third-order valence-electron chi connectivity index (χ3n) is 2.65. The summed E-state index contributed by atoms with van der Waals surface area (Å²) in [5.74, 6) is 0.749. The molecule has 1 unspecified atom stereocenters. The number of esters is 1. The van der Waals surface area contributed by atoms with E-state index >= 15 is 0 Å². The molecule has 0 bridgehead atoms. The maximum atomic E-state index is 11.6. The van der Waals surface area contributed by atoms with Gasteiger partial charge in [-0.05, 0) is 35.8 Å².